The van der Waals surface area contributed by atoms with Gasteiger partial charge in [0.2, 0.25) is 5.72 Å². The van der Waals surface area contributed by atoms with Gasteiger partial charge in [0.15, 0.2) is 0 Å². The average Bonchev–Trinajstić information content (AvgIpc) is 3.13. The van der Waals surface area contributed by atoms with Crippen LogP contribution in [-0.4, -0.2) is 19.1 Å². The molecule has 0 saturated carbocycles. The van der Waals surface area contributed by atoms with Crippen LogP contribution in [0.2, 0.25) is 5.02 Å². The molecule has 0 aliphatic carbocycles. The summed E-state index contributed by atoms with van der Waals surface area (Å²) in [7, 11) is 0. The highest BCUT2D eigenvalue weighted by Gasteiger charge is 2.47. The van der Waals surface area contributed by atoms with E-state index in [-0.39, 0.29) is 5.97 Å². The van der Waals surface area contributed by atoms with E-state index in [1.165, 1.54) is 5.69 Å². The molecule has 5 heteroatoms. The number of anilines is 2. The molecule has 1 unspecified atom stereocenters. The summed E-state index contributed by atoms with van der Waals surface area (Å²) in [6, 6.07) is 23.4. The summed E-state index contributed by atoms with van der Waals surface area (Å²) in [6.45, 7) is 6.52. The first-order valence-electron chi connectivity index (χ1n) is 11.8. The molecule has 33 heavy (non-hydrogen) atoms. The number of ether oxygens (including phenoxy) is 1. The van der Waals surface area contributed by atoms with E-state index < -0.39 is 5.72 Å². The highest BCUT2D eigenvalue weighted by atomic mass is 35.5. The second-order valence-electron chi connectivity index (χ2n) is 8.46. The Morgan fingerprint density at radius 2 is 1.52 bits per heavy atom. The number of esters is 1. The Kier molecular flexibility index (Phi) is 7.24. The number of nitrogens with zero attached hydrogens (tertiary/aromatic N) is 1. The van der Waals surface area contributed by atoms with E-state index in [9.17, 15) is 4.79 Å². The zero-order chi connectivity index (χ0) is 23.3. The predicted octanol–water partition coefficient (Wildman–Crippen LogP) is 7.23. The number of rotatable bonds is 10. The Hall–Kier alpha value is -2.98. The number of hydrogen-bond donors (Lipinski definition) is 1. The van der Waals surface area contributed by atoms with Crippen molar-refractivity contribution in [2.75, 3.05) is 23.3 Å². The van der Waals surface area contributed by atoms with Crippen LogP contribution in [-0.2, 0) is 10.5 Å². The Bertz CT molecular complexity index is 1090. The number of unbranched alkanes of at least 4 members (excludes halogenated alkanes) is 2. The minimum atomic E-state index is -1.14. The molecule has 0 radical (unpaired) electrons. The van der Waals surface area contributed by atoms with Crippen molar-refractivity contribution in [2.24, 2.45) is 0 Å². The lowest BCUT2D eigenvalue weighted by Crippen LogP contribution is -2.37. The number of benzene rings is 3. The van der Waals surface area contributed by atoms with E-state index in [1.54, 1.807) is 6.07 Å². The smallest absolute Gasteiger partial charge is 0.341 e. The molecule has 0 saturated heterocycles. The van der Waals surface area contributed by atoms with Gasteiger partial charge in [-0.05, 0) is 43.2 Å². The molecule has 172 valence electrons. The summed E-state index contributed by atoms with van der Waals surface area (Å²) in [5.74, 6) is -0.346. The standard InChI is InChI=1S/C28H31ClN2O2/c1-3-5-19-31(20-6-4-2)22-17-15-21(16-18-22)28(30-26-14-10-9-13-25(26)29)24-12-8-7-11-23(24)27(32)33-28/h7-18,30H,3-6,19-20H2,1-2H3. The lowest BCUT2D eigenvalue weighted by Gasteiger charge is -2.32. The second kappa shape index (κ2) is 10.3. The fraction of sp³-hybridized carbons (Fsp3) is 0.321. The van der Waals surface area contributed by atoms with Crippen LogP contribution in [0.5, 0.6) is 0 Å². The Labute approximate surface area is 201 Å². The number of carbonyl (C=O) groups excluding carboxylic acids is 1. The molecule has 0 fully saturated rings. The van der Waals surface area contributed by atoms with E-state index in [1.807, 2.05) is 42.5 Å². The van der Waals surface area contributed by atoms with E-state index in [0.29, 0.717) is 16.3 Å². The number of halogens is 1. The molecular formula is C28H31ClN2O2. The van der Waals surface area contributed by atoms with Gasteiger partial charge in [-0.2, -0.15) is 0 Å². The van der Waals surface area contributed by atoms with Gasteiger partial charge in [0, 0.05) is 29.9 Å². The van der Waals surface area contributed by atoms with E-state index in [0.717, 1.165) is 49.9 Å². The summed E-state index contributed by atoms with van der Waals surface area (Å²) >= 11 is 6.47. The maximum atomic E-state index is 12.8. The van der Waals surface area contributed by atoms with Gasteiger partial charge in [-0.15, -0.1) is 0 Å². The minimum absolute atomic E-state index is 0.346. The highest BCUT2D eigenvalue weighted by molar-refractivity contribution is 6.33. The number of carbonyl (C=O) groups is 1. The monoisotopic (exact) mass is 462 g/mol. The maximum absolute atomic E-state index is 12.8. The first kappa shape index (κ1) is 23.2. The first-order chi connectivity index (χ1) is 16.1. The fourth-order valence-electron chi connectivity index (χ4n) is 4.32. The summed E-state index contributed by atoms with van der Waals surface area (Å²) in [4.78, 5) is 15.3. The molecule has 1 N–H and O–H groups in total. The predicted molar refractivity (Wildman–Crippen MR) is 136 cm³/mol. The van der Waals surface area contributed by atoms with E-state index >= 15 is 0 Å². The van der Waals surface area contributed by atoms with Crippen molar-refractivity contribution in [1.29, 1.82) is 0 Å². The van der Waals surface area contributed by atoms with Gasteiger partial charge in [0.1, 0.15) is 0 Å². The molecule has 0 bridgehead atoms. The summed E-state index contributed by atoms with van der Waals surface area (Å²) < 4.78 is 6.07. The molecule has 1 aliphatic rings. The molecule has 0 amide bonds. The van der Waals surface area contributed by atoms with Crippen LogP contribution in [0.4, 0.5) is 11.4 Å². The lowest BCUT2D eigenvalue weighted by molar-refractivity contribution is 0.0212. The van der Waals surface area contributed by atoms with Crippen LogP contribution in [0.3, 0.4) is 0 Å². The SMILES string of the molecule is CCCCN(CCCC)c1ccc(C2(Nc3ccccc3Cl)OC(=O)c3ccccc32)cc1. The zero-order valence-corrected chi connectivity index (χ0v) is 20.1. The molecule has 0 aromatic heterocycles. The van der Waals surface area contributed by atoms with Gasteiger partial charge in [-0.25, -0.2) is 4.79 Å². The van der Waals surface area contributed by atoms with Gasteiger partial charge < -0.3 is 15.0 Å². The van der Waals surface area contributed by atoms with Crippen molar-refractivity contribution in [1.82, 2.24) is 0 Å². The third kappa shape index (κ3) is 4.72. The first-order valence-corrected chi connectivity index (χ1v) is 12.2. The average molecular weight is 463 g/mol. The summed E-state index contributed by atoms with van der Waals surface area (Å²) in [5.41, 5.74) is 2.96. The van der Waals surface area contributed by atoms with Crippen molar-refractivity contribution in [3.05, 3.63) is 94.5 Å². The molecule has 4 rings (SSSR count). The number of fused-ring (bicyclic) bond motifs is 1. The quantitative estimate of drug-likeness (QED) is 0.322. The topological polar surface area (TPSA) is 41.6 Å². The maximum Gasteiger partial charge on any atom is 0.341 e. The number of cyclic esters (lactones) is 1. The van der Waals surface area contributed by atoms with Crippen LogP contribution in [0.1, 0.15) is 61.0 Å². The zero-order valence-electron chi connectivity index (χ0n) is 19.3. The van der Waals surface area contributed by atoms with Gasteiger partial charge in [-0.1, -0.05) is 80.8 Å². The molecule has 1 atom stereocenters. The molecule has 3 aromatic rings. The molecular weight excluding hydrogens is 432 g/mol. The van der Waals surface area contributed by atoms with E-state index in [2.05, 4.69) is 48.3 Å². The van der Waals surface area contributed by atoms with Gasteiger partial charge in [0.05, 0.1) is 16.3 Å². The van der Waals surface area contributed by atoms with Crippen molar-refractivity contribution in [2.45, 2.75) is 45.3 Å². The number of nitrogens with one attached hydrogen (secondary N) is 1. The normalized spacial score (nSPS) is 16.9. The van der Waals surface area contributed by atoms with Crippen LogP contribution in [0, 0.1) is 0 Å². The van der Waals surface area contributed by atoms with Gasteiger partial charge in [0.25, 0.3) is 0 Å². The summed E-state index contributed by atoms with van der Waals surface area (Å²) in [5, 5.41) is 4.02. The number of para-hydroxylation sites is 1. The van der Waals surface area contributed by atoms with Gasteiger partial charge in [-0.3, -0.25) is 0 Å². The highest BCUT2D eigenvalue weighted by Crippen LogP contribution is 2.43. The number of hydrogen-bond acceptors (Lipinski definition) is 4. The third-order valence-electron chi connectivity index (χ3n) is 6.16. The molecule has 1 heterocycles. The van der Waals surface area contributed by atoms with Crippen molar-refractivity contribution < 1.29 is 9.53 Å². The van der Waals surface area contributed by atoms with Crippen molar-refractivity contribution in [3.8, 4) is 0 Å². The van der Waals surface area contributed by atoms with Crippen LogP contribution >= 0.6 is 11.6 Å². The van der Waals surface area contributed by atoms with Gasteiger partial charge >= 0.3 is 5.97 Å². The summed E-state index contributed by atoms with van der Waals surface area (Å²) in [6.07, 6.45) is 4.65. The minimum Gasteiger partial charge on any atom is -0.427 e. The van der Waals surface area contributed by atoms with Crippen LogP contribution in [0.15, 0.2) is 72.8 Å². The van der Waals surface area contributed by atoms with E-state index in [4.69, 9.17) is 16.3 Å². The molecule has 4 nitrogen and oxygen atoms in total. The molecule has 3 aromatic carbocycles. The second-order valence-corrected chi connectivity index (χ2v) is 8.87. The third-order valence-corrected chi connectivity index (χ3v) is 6.49. The van der Waals surface area contributed by atoms with Crippen LogP contribution in [0.25, 0.3) is 0 Å². The fourth-order valence-corrected chi connectivity index (χ4v) is 4.51. The molecule has 1 aliphatic heterocycles. The Morgan fingerprint density at radius 1 is 0.879 bits per heavy atom. The van der Waals surface area contributed by atoms with Crippen molar-refractivity contribution >= 4 is 28.9 Å². The van der Waals surface area contributed by atoms with Crippen LogP contribution < -0.4 is 10.2 Å². The molecule has 0 spiro atoms. The Morgan fingerprint density at radius 3 is 2.18 bits per heavy atom. The Balaban J connectivity index is 1.74. The van der Waals surface area contributed by atoms with Crippen molar-refractivity contribution in [3.63, 3.8) is 0 Å². The largest absolute Gasteiger partial charge is 0.427 e. The lowest BCUT2D eigenvalue weighted by atomic mass is 9.92.